The van der Waals surface area contributed by atoms with Crippen LogP contribution in [-0.4, -0.2) is 51.6 Å². The third-order valence-electron chi connectivity index (χ3n) is 6.97. The third-order valence-corrected chi connectivity index (χ3v) is 6.97. The summed E-state index contributed by atoms with van der Waals surface area (Å²) < 4.78 is 7.15. The normalized spacial score (nSPS) is 17.2. The fourth-order valence-corrected chi connectivity index (χ4v) is 5.19. The quantitative estimate of drug-likeness (QED) is 0.580. The van der Waals surface area contributed by atoms with Gasteiger partial charge in [-0.25, -0.2) is 0 Å². The number of fused-ring (bicyclic) bond motifs is 2. The first-order valence-corrected chi connectivity index (χ1v) is 11.2. The molecule has 5 rings (SSSR count). The molecule has 2 aliphatic rings. The van der Waals surface area contributed by atoms with Gasteiger partial charge in [0.2, 0.25) is 0 Å². The van der Waals surface area contributed by atoms with Crippen molar-refractivity contribution in [2.75, 3.05) is 20.2 Å². The molecule has 3 aromatic rings. The smallest absolute Gasteiger partial charge is 0.255 e. The molecule has 1 saturated heterocycles. The highest BCUT2D eigenvalue weighted by atomic mass is 16.5. The number of piperidine rings is 1. The maximum Gasteiger partial charge on any atom is 0.255 e. The van der Waals surface area contributed by atoms with E-state index in [0.29, 0.717) is 25.1 Å². The van der Waals surface area contributed by atoms with Crippen molar-refractivity contribution in [3.8, 4) is 5.75 Å². The Morgan fingerprint density at radius 1 is 1.12 bits per heavy atom. The van der Waals surface area contributed by atoms with Crippen molar-refractivity contribution in [3.63, 3.8) is 0 Å². The number of pyridine rings is 1. The summed E-state index contributed by atoms with van der Waals surface area (Å²) in [5.41, 5.74) is 3.19. The van der Waals surface area contributed by atoms with E-state index in [0.717, 1.165) is 47.2 Å². The van der Waals surface area contributed by atoms with Crippen LogP contribution in [0.15, 0.2) is 36.7 Å². The molecular weight excluding hydrogens is 416 g/mol. The van der Waals surface area contributed by atoms with Crippen molar-refractivity contribution < 1.29 is 14.3 Å². The first-order chi connectivity index (χ1) is 15.4. The summed E-state index contributed by atoms with van der Waals surface area (Å²) in [6, 6.07) is 7.71. The van der Waals surface area contributed by atoms with Gasteiger partial charge in [-0.3, -0.25) is 19.3 Å². The van der Waals surface area contributed by atoms with Crippen LogP contribution in [0, 0.1) is 5.41 Å². The van der Waals surface area contributed by atoms with Crippen molar-refractivity contribution in [3.05, 3.63) is 53.5 Å². The molecule has 0 bridgehead atoms. The minimum atomic E-state index is -0.0687. The molecule has 3 heterocycles. The van der Waals surface area contributed by atoms with Gasteiger partial charge in [0, 0.05) is 42.7 Å². The van der Waals surface area contributed by atoms with Crippen molar-refractivity contribution in [1.29, 1.82) is 0 Å². The number of carbonyl (C=O) groups is 2. The van der Waals surface area contributed by atoms with Crippen LogP contribution in [0.4, 0.5) is 0 Å². The van der Waals surface area contributed by atoms with Gasteiger partial charge in [-0.05, 0) is 62.8 Å². The predicted octanol–water partition coefficient (Wildman–Crippen LogP) is 4.71. The molecular formula is C26H32N4O3. The molecule has 2 aromatic heterocycles. The van der Waals surface area contributed by atoms with Gasteiger partial charge in [-0.1, -0.05) is 7.43 Å². The second-order valence-corrected chi connectivity index (χ2v) is 9.41. The average molecular weight is 449 g/mol. The van der Waals surface area contributed by atoms with Crippen molar-refractivity contribution in [1.82, 2.24) is 19.7 Å². The van der Waals surface area contributed by atoms with E-state index in [1.165, 1.54) is 0 Å². The van der Waals surface area contributed by atoms with E-state index < -0.39 is 0 Å². The van der Waals surface area contributed by atoms with Gasteiger partial charge in [0.1, 0.15) is 11.4 Å². The minimum absolute atomic E-state index is 0. The molecule has 174 valence electrons. The Morgan fingerprint density at radius 2 is 1.88 bits per heavy atom. The Morgan fingerprint density at radius 3 is 2.58 bits per heavy atom. The molecule has 33 heavy (non-hydrogen) atoms. The van der Waals surface area contributed by atoms with Crippen LogP contribution < -0.4 is 4.74 Å². The molecule has 1 aliphatic carbocycles. The zero-order valence-electron chi connectivity index (χ0n) is 18.8. The van der Waals surface area contributed by atoms with Crippen LogP contribution in [0.2, 0.25) is 0 Å². The second-order valence-electron chi connectivity index (χ2n) is 9.41. The summed E-state index contributed by atoms with van der Waals surface area (Å²) in [6.07, 6.45) is 6.56. The number of hydrogen-bond donors (Lipinski definition) is 0. The van der Waals surface area contributed by atoms with E-state index in [1.807, 2.05) is 53.9 Å². The van der Waals surface area contributed by atoms with E-state index in [4.69, 9.17) is 4.74 Å². The van der Waals surface area contributed by atoms with Gasteiger partial charge < -0.3 is 9.64 Å². The summed E-state index contributed by atoms with van der Waals surface area (Å²) in [5.74, 6) is 0.920. The molecule has 0 atom stereocenters. The maximum absolute atomic E-state index is 13.2. The SMILES string of the molecule is C.COc1ccc2ncc(C(=O)N3CCC4(CC3)CC(=O)c3c(cnn3C(C)C)C4)cc2c1. The van der Waals surface area contributed by atoms with Crippen LogP contribution in [0.25, 0.3) is 10.9 Å². The zero-order valence-corrected chi connectivity index (χ0v) is 18.8. The zero-order chi connectivity index (χ0) is 22.5. The Labute approximate surface area is 194 Å². The van der Waals surface area contributed by atoms with E-state index in [1.54, 1.807) is 13.3 Å². The number of methoxy groups -OCH3 is 1. The largest absolute Gasteiger partial charge is 0.497 e. The lowest BCUT2D eigenvalue weighted by Gasteiger charge is -2.43. The lowest BCUT2D eigenvalue weighted by molar-refractivity contribution is 0.0517. The van der Waals surface area contributed by atoms with Crippen molar-refractivity contribution in [2.24, 2.45) is 5.41 Å². The predicted molar refractivity (Wildman–Crippen MR) is 128 cm³/mol. The lowest BCUT2D eigenvalue weighted by Crippen LogP contribution is -2.46. The number of hydrogen-bond acceptors (Lipinski definition) is 5. The molecule has 0 radical (unpaired) electrons. The van der Waals surface area contributed by atoms with Gasteiger partial charge in [-0.2, -0.15) is 5.10 Å². The van der Waals surface area contributed by atoms with Crippen LogP contribution >= 0.6 is 0 Å². The number of nitrogens with zero attached hydrogens (tertiary/aromatic N) is 4. The fraction of sp³-hybridized carbons (Fsp3) is 0.462. The van der Waals surface area contributed by atoms with Gasteiger partial charge in [-0.15, -0.1) is 0 Å². The molecule has 1 spiro atoms. The van der Waals surface area contributed by atoms with E-state index >= 15 is 0 Å². The summed E-state index contributed by atoms with van der Waals surface area (Å²) in [6.45, 7) is 5.39. The monoisotopic (exact) mass is 448 g/mol. The minimum Gasteiger partial charge on any atom is -0.497 e. The number of rotatable bonds is 3. The van der Waals surface area contributed by atoms with Gasteiger partial charge in [0.15, 0.2) is 5.78 Å². The number of ketones is 1. The van der Waals surface area contributed by atoms with Crippen LogP contribution in [0.5, 0.6) is 5.75 Å². The summed E-state index contributed by atoms with van der Waals surface area (Å²) in [5, 5.41) is 5.35. The topological polar surface area (TPSA) is 77.3 Å². The number of likely N-dealkylation sites (tertiary alicyclic amines) is 1. The number of ether oxygens (including phenoxy) is 1. The highest BCUT2D eigenvalue weighted by Crippen LogP contribution is 2.44. The molecule has 0 unspecified atom stereocenters. The highest BCUT2D eigenvalue weighted by Gasteiger charge is 2.43. The number of benzene rings is 1. The lowest BCUT2D eigenvalue weighted by atomic mass is 9.67. The molecule has 0 N–H and O–H groups in total. The molecule has 1 amide bonds. The van der Waals surface area contributed by atoms with Crippen LogP contribution in [-0.2, 0) is 6.42 Å². The standard InChI is InChI=1S/C25H28N4O3.CH4/c1-16(2)29-23-19(15-27-29)12-25(13-22(23)30)6-8-28(9-7-25)24(31)18-10-17-11-20(32-3)4-5-21(17)26-14-18;/h4-5,10-11,14-16H,6-9,12-13H2,1-3H3;1H4. The van der Waals surface area contributed by atoms with Gasteiger partial charge in [0.05, 0.1) is 24.4 Å². The first-order valence-electron chi connectivity index (χ1n) is 11.2. The summed E-state index contributed by atoms with van der Waals surface area (Å²) >= 11 is 0. The Balaban J connectivity index is 0.00000259. The number of Topliss-reactive ketones (excluding diaryl/α,β-unsaturated/α-hetero) is 1. The summed E-state index contributed by atoms with van der Waals surface area (Å²) in [4.78, 5) is 32.5. The van der Waals surface area contributed by atoms with Crippen LogP contribution in [0.3, 0.4) is 0 Å². The maximum atomic E-state index is 13.2. The third kappa shape index (κ3) is 4.01. The highest BCUT2D eigenvalue weighted by molar-refractivity contribution is 5.98. The Hall–Kier alpha value is -3.22. The summed E-state index contributed by atoms with van der Waals surface area (Å²) in [7, 11) is 1.62. The van der Waals surface area contributed by atoms with Crippen molar-refractivity contribution >= 4 is 22.6 Å². The molecule has 7 heteroatoms. The van der Waals surface area contributed by atoms with E-state index in [-0.39, 0.29) is 30.6 Å². The molecule has 1 aromatic carbocycles. The molecule has 0 saturated carbocycles. The number of aromatic nitrogens is 3. The molecule has 1 fully saturated rings. The van der Waals surface area contributed by atoms with Gasteiger partial charge in [0.25, 0.3) is 5.91 Å². The Bertz CT molecular complexity index is 1210. The fourth-order valence-electron chi connectivity index (χ4n) is 5.19. The first kappa shape index (κ1) is 23.0. The molecule has 1 aliphatic heterocycles. The van der Waals surface area contributed by atoms with Crippen molar-refractivity contribution in [2.45, 2.75) is 53.0 Å². The van der Waals surface area contributed by atoms with E-state index in [2.05, 4.69) is 10.1 Å². The number of carbonyl (C=O) groups excluding carboxylic acids is 2. The Kier molecular flexibility index (Phi) is 5.99. The van der Waals surface area contributed by atoms with E-state index in [9.17, 15) is 9.59 Å². The van der Waals surface area contributed by atoms with Gasteiger partial charge >= 0.3 is 0 Å². The molecule has 7 nitrogen and oxygen atoms in total. The van der Waals surface area contributed by atoms with Crippen LogP contribution in [0.1, 0.15) is 73.0 Å². The average Bonchev–Trinajstić information content (AvgIpc) is 3.23. The second kappa shape index (κ2) is 8.61. The number of amides is 1.